The number of nitrogens with one attached hydrogen (secondary N) is 1. The second-order valence-corrected chi connectivity index (χ2v) is 4.92. The van der Waals surface area contributed by atoms with E-state index in [1.807, 2.05) is 26.0 Å². The van der Waals surface area contributed by atoms with E-state index in [1.54, 1.807) is 19.1 Å². The van der Waals surface area contributed by atoms with E-state index >= 15 is 0 Å². The van der Waals surface area contributed by atoms with E-state index in [2.05, 4.69) is 10.3 Å². The van der Waals surface area contributed by atoms with Gasteiger partial charge in [0.1, 0.15) is 5.84 Å². The number of ether oxygens (including phenoxy) is 1. The second kappa shape index (κ2) is 8.81. The minimum absolute atomic E-state index is 0.00614. The average Bonchev–Trinajstić information content (AvgIpc) is 2.52. The quantitative estimate of drug-likeness (QED) is 0.622. The molecule has 1 aromatic carbocycles. The van der Waals surface area contributed by atoms with Crippen LogP contribution in [0.1, 0.15) is 38.3 Å². The van der Waals surface area contributed by atoms with E-state index in [0.29, 0.717) is 12.1 Å². The van der Waals surface area contributed by atoms with Crippen molar-refractivity contribution in [2.75, 3.05) is 6.61 Å². The van der Waals surface area contributed by atoms with Crippen molar-refractivity contribution < 1.29 is 14.3 Å². The number of nitrogens with zero attached hydrogens (tertiary/aromatic N) is 1. The molecule has 0 radical (unpaired) electrons. The molecule has 0 heterocycles. The van der Waals surface area contributed by atoms with Gasteiger partial charge in [0.05, 0.1) is 6.61 Å². The number of rotatable bonds is 6. The van der Waals surface area contributed by atoms with E-state index in [0.717, 1.165) is 12.0 Å². The Hall–Kier alpha value is -2.37. The molecule has 0 fully saturated rings. The van der Waals surface area contributed by atoms with Crippen LogP contribution in [-0.2, 0) is 16.1 Å². The van der Waals surface area contributed by atoms with Crippen LogP contribution in [0.5, 0.6) is 0 Å². The molecule has 2 amide bonds. The summed E-state index contributed by atoms with van der Waals surface area (Å²) in [5, 5.41) is 2.87. The van der Waals surface area contributed by atoms with Gasteiger partial charge in [-0.15, -0.1) is 0 Å². The summed E-state index contributed by atoms with van der Waals surface area (Å²) in [6.45, 7) is 6.28. The van der Waals surface area contributed by atoms with E-state index in [-0.39, 0.29) is 24.3 Å². The Balaban J connectivity index is 2.63. The van der Waals surface area contributed by atoms with Crippen LogP contribution in [0.25, 0.3) is 0 Å². The van der Waals surface area contributed by atoms with Crippen molar-refractivity contribution in [3.63, 3.8) is 0 Å². The van der Waals surface area contributed by atoms with Crippen LogP contribution in [0.3, 0.4) is 0 Å². The SMILES string of the molecule is CCOC(=O)/N=C(\N)c1ccc(CNC(=O)C(C)CC)cc1. The zero-order valence-electron chi connectivity index (χ0n) is 13.3. The fourth-order valence-corrected chi connectivity index (χ4v) is 1.66. The lowest BCUT2D eigenvalue weighted by Gasteiger charge is -2.10. The molecule has 6 nitrogen and oxygen atoms in total. The number of hydrogen-bond donors (Lipinski definition) is 2. The topological polar surface area (TPSA) is 93.8 Å². The lowest BCUT2D eigenvalue weighted by Crippen LogP contribution is -2.28. The van der Waals surface area contributed by atoms with E-state index < -0.39 is 6.09 Å². The summed E-state index contributed by atoms with van der Waals surface area (Å²) < 4.78 is 4.70. The Morgan fingerprint density at radius 3 is 2.45 bits per heavy atom. The number of nitrogens with two attached hydrogens (primary N) is 1. The third-order valence-electron chi connectivity index (χ3n) is 3.26. The zero-order chi connectivity index (χ0) is 16.5. The molecule has 0 spiro atoms. The molecule has 1 aromatic rings. The van der Waals surface area contributed by atoms with E-state index in [4.69, 9.17) is 10.5 Å². The van der Waals surface area contributed by atoms with Crippen LogP contribution in [0, 0.1) is 5.92 Å². The number of amidine groups is 1. The Morgan fingerprint density at radius 2 is 1.91 bits per heavy atom. The summed E-state index contributed by atoms with van der Waals surface area (Å²) in [4.78, 5) is 26.6. The number of carbonyl (C=O) groups is 2. The lowest BCUT2D eigenvalue weighted by atomic mass is 10.1. The summed E-state index contributed by atoms with van der Waals surface area (Å²) in [6.07, 6.45) is 0.107. The monoisotopic (exact) mass is 305 g/mol. The summed E-state index contributed by atoms with van der Waals surface area (Å²) in [5.74, 6) is 0.148. The van der Waals surface area contributed by atoms with Crippen LogP contribution < -0.4 is 11.1 Å². The molecule has 3 N–H and O–H groups in total. The molecule has 0 aliphatic heterocycles. The molecule has 6 heteroatoms. The first-order valence-electron chi connectivity index (χ1n) is 7.35. The molecular formula is C16H23N3O3. The van der Waals surface area contributed by atoms with Gasteiger partial charge < -0.3 is 15.8 Å². The maximum Gasteiger partial charge on any atom is 0.435 e. The molecule has 1 unspecified atom stereocenters. The van der Waals surface area contributed by atoms with Gasteiger partial charge >= 0.3 is 6.09 Å². The molecule has 1 rings (SSSR count). The average molecular weight is 305 g/mol. The largest absolute Gasteiger partial charge is 0.448 e. The van der Waals surface area contributed by atoms with Gasteiger partial charge in [0.15, 0.2) is 0 Å². The highest BCUT2D eigenvalue weighted by Crippen LogP contribution is 2.06. The van der Waals surface area contributed by atoms with Gasteiger partial charge in [-0.05, 0) is 18.9 Å². The van der Waals surface area contributed by atoms with Crippen LogP contribution >= 0.6 is 0 Å². The molecule has 0 bridgehead atoms. The molecule has 0 saturated heterocycles. The Bertz CT molecular complexity index is 538. The van der Waals surface area contributed by atoms with Crippen molar-refractivity contribution >= 4 is 17.8 Å². The maximum atomic E-state index is 11.7. The molecule has 0 saturated carbocycles. The second-order valence-electron chi connectivity index (χ2n) is 4.92. The number of aliphatic imine (C=N–C) groups is 1. The first-order valence-corrected chi connectivity index (χ1v) is 7.35. The van der Waals surface area contributed by atoms with Crippen LogP contribution in [-0.4, -0.2) is 24.4 Å². The maximum absolute atomic E-state index is 11.7. The van der Waals surface area contributed by atoms with Gasteiger partial charge in [-0.1, -0.05) is 38.1 Å². The Labute approximate surface area is 130 Å². The highest BCUT2D eigenvalue weighted by Gasteiger charge is 2.09. The fourth-order valence-electron chi connectivity index (χ4n) is 1.66. The van der Waals surface area contributed by atoms with Gasteiger partial charge in [-0.3, -0.25) is 4.79 Å². The van der Waals surface area contributed by atoms with Crippen molar-refractivity contribution in [2.24, 2.45) is 16.6 Å². The predicted molar refractivity (Wildman–Crippen MR) is 85.5 cm³/mol. The van der Waals surface area contributed by atoms with Crippen LogP contribution in [0.4, 0.5) is 4.79 Å². The van der Waals surface area contributed by atoms with Gasteiger partial charge in [-0.2, -0.15) is 4.99 Å². The molecule has 22 heavy (non-hydrogen) atoms. The van der Waals surface area contributed by atoms with Gasteiger partial charge in [0.2, 0.25) is 5.91 Å². The van der Waals surface area contributed by atoms with Crippen molar-refractivity contribution in [3.05, 3.63) is 35.4 Å². The standard InChI is InChI=1S/C16H23N3O3/c1-4-11(3)15(20)18-10-12-6-8-13(9-7-12)14(17)19-16(21)22-5-2/h6-9,11H,4-5,10H2,1-3H3,(H,18,20)(H2,17,19,21). The molecule has 1 atom stereocenters. The minimum Gasteiger partial charge on any atom is -0.448 e. The van der Waals surface area contributed by atoms with Crippen molar-refractivity contribution in [3.8, 4) is 0 Å². The first-order chi connectivity index (χ1) is 10.5. The number of hydrogen-bond acceptors (Lipinski definition) is 3. The van der Waals surface area contributed by atoms with Crippen molar-refractivity contribution in [1.82, 2.24) is 5.32 Å². The normalized spacial score (nSPS) is 12.6. The highest BCUT2D eigenvalue weighted by molar-refractivity contribution is 6.02. The summed E-state index contributed by atoms with van der Waals surface area (Å²) >= 11 is 0. The highest BCUT2D eigenvalue weighted by atomic mass is 16.5. The number of benzene rings is 1. The van der Waals surface area contributed by atoms with Gasteiger partial charge in [0, 0.05) is 18.0 Å². The van der Waals surface area contributed by atoms with Crippen molar-refractivity contribution in [1.29, 1.82) is 0 Å². The molecular weight excluding hydrogens is 282 g/mol. The summed E-state index contributed by atoms with van der Waals surface area (Å²) in [7, 11) is 0. The number of amides is 2. The smallest absolute Gasteiger partial charge is 0.435 e. The third-order valence-corrected chi connectivity index (χ3v) is 3.26. The predicted octanol–water partition coefficient (Wildman–Crippen LogP) is 2.21. The summed E-state index contributed by atoms with van der Waals surface area (Å²) in [5.41, 5.74) is 7.31. The molecule has 0 aromatic heterocycles. The molecule has 0 aliphatic rings. The van der Waals surface area contributed by atoms with Crippen molar-refractivity contribution in [2.45, 2.75) is 33.7 Å². The zero-order valence-corrected chi connectivity index (χ0v) is 13.3. The lowest BCUT2D eigenvalue weighted by molar-refractivity contribution is -0.124. The van der Waals surface area contributed by atoms with Gasteiger partial charge in [0.25, 0.3) is 0 Å². The summed E-state index contributed by atoms with van der Waals surface area (Å²) in [6, 6.07) is 7.17. The van der Waals surface area contributed by atoms with Crippen LogP contribution in [0.2, 0.25) is 0 Å². The van der Waals surface area contributed by atoms with Crippen LogP contribution in [0.15, 0.2) is 29.3 Å². The third kappa shape index (κ3) is 5.55. The number of carbonyl (C=O) groups excluding carboxylic acids is 2. The van der Waals surface area contributed by atoms with E-state index in [9.17, 15) is 9.59 Å². The molecule has 0 aliphatic carbocycles. The van der Waals surface area contributed by atoms with E-state index in [1.165, 1.54) is 0 Å². The first kappa shape index (κ1) is 17.7. The Morgan fingerprint density at radius 1 is 1.27 bits per heavy atom. The Kier molecular flexibility index (Phi) is 7.08. The van der Waals surface area contributed by atoms with Gasteiger partial charge in [-0.25, -0.2) is 4.79 Å². The molecule has 120 valence electrons. The minimum atomic E-state index is -0.704. The fraction of sp³-hybridized carbons (Fsp3) is 0.438.